The number of allylic oxidation sites excluding steroid dienone is 3. The molecule has 1 aliphatic rings. The van der Waals surface area contributed by atoms with Crippen LogP contribution >= 0.6 is 0 Å². The lowest BCUT2D eigenvalue weighted by Crippen LogP contribution is -2.31. The van der Waals surface area contributed by atoms with Gasteiger partial charge in [-0.3, -0.25) is 9.59 Å². The van der Waals surface area contributed by atoms with Gasteiger partial charge in [0.25, 0.3) is 0 Å². The lowest BCUT2D eigenvalue weighted by Gasteiger charge is -2.22. The summed E-state index contributed by atoms with van der Waals surface area (Å²) in [6.07, 6.45) is 7.58. The second kappa shape index (κ2) is 8.65. The summed E-state index contributed by atoms with van der Waals surface area (Å²) in [6, 6.07) is 0. The molecule has 1 unspecified atom stereocenters. The van der Waals surface area contributed by atoms with Gasteiger partial charge in [-0.25, -0.2) is 4.79 Å². The van der Waals surface area contributed by atoms with Crippen LogP contribution in [0.2, 0.25) is 0 Å². The molecule has 26 heavy (non-hydrogen) atoms. The molecule has 0 heterocycles. The molecule has 0 aromatic rings. The molecule has 0 spiro atoms. The zero-order valence-corrected chi connectivity index (χ0v) is 17.0. The molecular formula is C21H32O5. The van der Waals surface area contributed by atoms with E-state index in [1.807, 2.05) is 18.2 Å². The van der Waals surface area contributed by atoms with E-state index in [0.29, 0.717) is 13.0 Å². The molecule has 3 atom stereocenters. The number of ether oxygens (including phenoxy) is 2. The number of ketones is 1. The first-order chi connectivity index (χ1) is 11.9. The number of esters is 2. The maximum Gasteiger partial charge on any atom is 0.330 e. The predicted octanol–water partition coefficient (Wildman–Crippen LogP) is 3.87. The predicted molar refractivity (Wildman–Crippen MR) is 100 cm³/mol. The molecule has 5 nitrogen and oxygen atoms in total. The fourth-order valence-electron chi connectivity index (χ4n) is 2.99. The van der Waals surface area contributed by atoms with Crippen LogP contribution in [0.4, 0.5) is 0 Å². The Hall–Kier alpha value is -1.91. The van der Waals surface area contributed by atoms with Gasteiger partial charge in [0.1, 0.15) is 17.3 Å². The molecule has 5 heteroatoms. The number of carbonyl (C=O) groups excluding carboxylic acids is 3. The van der Waals surface area contributed by atoms with E-state index in [9.17, 15) is 14.4 Å². The Morgan fingerprint density at radius 2 is 1.69 bits per heavy atom. The van der Waals surface area contributed by atoms with E-state index in [0.717, 1.165) is 0 Å². The van der Waals surface area contributed by atoms with E-state index in [1.54, 1.807) is 27.7 Å². The Morgan fingerprint density at radius 1 is 1.12 bits per heavy atom. The van der Waals surface area contributed by atoms with E-state index >= 15 is 0 Å². The largest absolute Gasteiger partial charge is 0.463 e. The zero-order valence-electron chi connectivity index (χ0n) is 17.0. The van der Waals surface area contributed by atoms with Gasteiger partial charge in [-0.1, -0.05) is 32.1 Å². The van der Waals surface area contributed by atoms with E-state index in [4.69, 9.17) is 9.47 Å². The van der Waals surface area contributed by atoms with E-state index < -0.39 is 17.5 Å². The van der Waals surface area contributed by atoms with Crippen molar-refractivity contribution in [3.05, 3.63) is 24.3 Å². The summed E-state index contributed by atoms with van der Waals surface area (Å²) in [5.41, 5.74) is -0.576. The van der Waals surface area contributed by atoms with Gasteiger partial charge in [-0.2, -0.15) is 0 Å². The first-order valence-electron chi connectivity index (χ1n) is 9.15. The van der Waals surface area contributed by atoms with Crippen LogP contribution in [0.25, 0.3) is 0 Å². The lowest BCUT2D eigenvalue weighted by molar-refractivity contribution is -0.161. The summed E-state index contributed by atoms with van der Waals surface area (Å²) in [4.78, 5) is 35.4. The van der Waals surface area contributed by atoms with Gasteiger partial charge in [0, 0.05) is 6.08 Å². The van der Waals surface area contributed by atoms with E-state index in [2.05, 4.69) is 13.8 Å². The molecular weight excluding hydrogens is 332 g/mol. The maximum atomic E-state index is 12.2. The van der Waals surface area contributed by atoms with Crippen molar-refractivity contribution in [1.82, 2.24) is 0 Å². The number of rotatable bonds is 8. The highest BCUT2D eigenvalue weighted by molar-refractivity contribution is 5.98. The minimum absolute atomic E-state index is 0.0388. The van der Waals surface area contributed by atoms with Gasteiger partial charge < -0.3 is 9.47 Å². The van der Waals surface area contributed by atoms with E-state index in [-0.39, 0.29) is 29.0 Å². The van der Waals surface area contributed by atoms with Crippen molar-refractivity contribution in [3.8, 4) is 0 Å². The van der Waals surface area contributed by atoms with Crippen LogP contribution in [0, 0.1) is 23.2 Å². The number of hydrogen-bond donors (Lipinski definition) is 0. The molecule has 0 saturated heterocycles. The maximum absolute atomic E-state index is 12.2. The minimum Gasteiger partial charge on any atom is -0.463 e. The van der Waals surface area contributed by atoms with Gasteiger partial charge in [-0.15, -0.1) is 0 Å². The highest BCUT2D eigenvalue weighted by Crippen LogP contribution is 2.59. The Balaban J connectivity index is 2.66. The van der Waals surface area contributed by atoms with Gasteiger partial charge in [0.2, 0.25) is 0 Å². The monoisotopic (exact) mass is 364 g/mol. The Bertz CT molecular complexity index is 592. The third-order valence-electron chi connectivity index (χ3n) is 4.62. The van der Waals surface area contributed by atoms with Crippen molar-refractivity contribution >= 4 is 17.7 Å². The van der Waals surface area contributed by atoms with Crippen molar-refractivity contribution in [1.29, 1.82) is 0 Å². The van der Waals surface area contributed by atoms with Gasteiger partial charge in [-0.05, 0) is 58.3 Å². The van der Waals surface area contributed by atoms with Crippen molar-refractivity contribution in [2.75, 3.05) is 6.61 Å². The quantitative estimate of drug-likeness (QED) is 0.283. The van der Waals surface area contributed by atoms with Crippen molar-refractivity contribution in [2.45, 2.75) is 60.5 Å². The van der Waals surface area contributed by atoms with Crippen LogP contribution in [-0.4, -0.2) is 29.9 Å². The standard InChI is InChI=1S/C21H32O5/c1-8-25-18(23)13-12-17-16(21(17,6)7)11-9-10-15(14(2)22)19(24)26-20(3,4)5/h9,11-13,15-17H,8,10H2,1-7H3/b11-9+,13-12+/t15?,16-,17+/m0/s1. The molecule has 1 aliphatic carbocycles. The van der Waals surface area contributed by atoms with Crippen LogP contribution in [0.5, 0.6) is 0 Å². The smallest absolute Gasteiger partial charge is 0.330 e. The van der Waals surface area contributed by atoms with Crippen LogP contribution < -0.4 is 0 Å². The lowest BCUT2D eigenvalue weighted by atomic mass is 10.00. The summed E-state index contributed by atoms with van der Waals surface area (Å²) >= 11 is 0. The average Bonchev–Trinajstić information content (AvgIpc) is 2.99. The van der Waals surface area contributed by atoms with Crippen molar-refractivity contribution in [3.63, 3.8) is 0 Å². The SMILES string of the molecule is CCOC(=O)/C=C/[C@@H]1[C@H](/C=C/CC(C(C)=O)C(=O)OC(C)(C)C)C1(C)C. The minimum atomic E-state index is -0.777. The number of hydrogen-bond acceptors (Lipinski definition) is 5. The molecule has 0 N–H and O–H groups in total. The molecule has 0 aliphatic heterocycles. The number of carbonyl (C=O) groups is 3. The highest BCUT2D eigenvalue weighted by Gasteiger charge is 2.54. The molecule has 0 bridgehead atoms. The van der Waals surface area contributed by atoms with Gasteiger partial charge in [0.05, 0.1) is 6.61 Å². The second-order valence-electron chi connectivity index (χ2n) is 8.34. The summed E-state index contributed by atoms with van der Waals surface area (Å²) in [5, 5.41) is 0. The summed E-state index contributed by atoms with van der Waals surface area (Å²) < 4.78 is 10.2. The van der Waals surface area contributed by atoms with Crippen molar-refractivity contribution in [2.24, 2.45) is 23.2 Å². The summed E-state index contributed by atoms with van der Waals surface area (Å²) in [5.74, 6) is -1.29. The third kappa shape index (κ3) is 6.43. The number of Topliss-reactive ketones (excluding diaryl/α,β-unsaturated/α-hetero) is 1. The van der Waals surface area contributed by atoms with Crippen LogP contribution in [-0.2, 0) is 23.9 Å². The second-order valence-corrected chi connectivity index (χ2v) is 8.34. The average molecular weight is 364 g/mol. The molecule has 0 amide bonds. The van der Waals surface area contributed by atoms with Gasteiger partial charge in [0.15, 0.2) is 0 Å². The van der Waals surface area contributed by atoms with E-state index in [1.165, 1.54) is 13.0 Å². The summed E-state index contributed by atoms with van der Waals surface area (Å²) in [7, 11) is 0. The molecule has 0 radical (unpaired) electrons. The fraction of sp³-hybridized carbons (Fsp3) is 0.667. The normalized spacial score (nSPS) is 23.0. The molecule has 0 aromatic heterocycles. The molecule has 1 saturated carbocycles. The first-order valence-corrected chi connectivity index (χ1v) is 9.15. The molecule has 1 rings (SSSR count). The van der Waals surface area contributed by atoms with Gasteiger partial charge >= 0.3 is 11.9 Å². The molecule has 1 fully saturated rings. The Labute approximate surface area is 156 Å². The first kappa shape index (κ1) is 22.1. The van der Waals surface area contributed by atoms with Crippen molar-refractivity contribution < 1.29 is 23.9 Å². The molecule has 146 valence electrons. The fourth-order valence-corrected chi connectivity index (χ4v) is 2.99. The molecule has 0 aromatic carbocycles. The van der Waals surface area contributed by atoms with Crippen LogP contribution in [0.3, 0.4) is 0 Å². The summed E-state index contributed by atoms with van der Waals surface area (Å²) in [6.45, 7) is 13.1. The Morgan fingerprint density at radius 3 is 2.19 bits per heavy atom. The zero-order chi connectivity index (χ0) is 20.1. The topological polar surface area (TPSA) is 69.7 Å². The highest BCUT2D eigenvalue weighted by atomic mass is 16.6. The van der Waals surface area contributed by atoms with Crippen LogP contribution in [0.15, 0.2) is 24.3 Å². The van der Waals surface area contributed by atoms with Crippen LogP contribution in [0.1, 0.15) is 54.9 Å². The Kier molecular flexibility index (Phi) is 7.36. The third-order valence-corrected chi connectivity index (χ3v) is 4.62.